The number of phenols is 5. The number of carbonyl (C=O) groups excluding carboxylic acids is 3. The van der Waals surface area contributed by atoms with Crippen molar-refractivity contribution in [1.29, 1.82) is 0 Å². The van der Waals surface area contributed by atoms with Crippen LogP contribution in [-0.4, -0.2) is 63.8 Å². The van der Waals surface area contributed by atoms with Gasteiger partial charge in [-0.15, -0.1) is 0 Å². The lowest BCUT2D eigenvalue weighted by atomic mass is 9.87. The number of phenolic OH excluding ortho intramolecular Hbond substituents is 5. The Labute approximate surface area is 233 Å². The van der Waals surface area contributed by atoms with E-state index in [1.54, 1.807) is 0 Å². The summed E-state index contributed by atoms with van der Waals surface area (Å²) >= 11 is 0. The van der Waals surface area contributed by atoms with Gasteiger partial charge in [-0.05, 0) is 53.1 Å². The van der Waals surface area contributed by atoms with Crippen molar-refractivity contribution < 1.29 is 58.9 Å². The molecule has 4 rings (SSSR count). The lowest BCUT2D eigenvalue weighted by Gasteiger charge is -2.18. The fraction of sp³-hybridized carbons (Fsp3) is 0.207. The average molecular weight is 567 g/mol. The van der Waals surface area contributed by atoms with Gasteiger partial charge in [0.15, 0.2) is 34.5 Å². The van der Waals surface area contributed by atoms with E-state index in [4.69, 9.17) is 18.9 Å². The van der Waals surface area contributed by atoms with Crippen LogP contribution in [-0.2, 0) is 35.0 Å². The van der Waals surface area contributed by atoms with Crippen molar-refractivity contribution in [1.82, 2.24) is 0 Å². The molecule has 0 amide bonds. The maximum absolute atomic E-state index is 12.9. The van der Waals surface area contributed by atoms with E-state index in [2.05, 4.69) is 0 Å². The maximum atomic E-state index is 12.9. The molecule has 1 aliphatic heterocycles. The normalized spacial score (nSPS) is 16.4. The van der Waals surface area contributed by atoms with Crippen molar-refractivity contribution in [3.63, 3.8) is 0 Å². The number of ether oxygens (including phenoxy) is 4. The summed E-state index contributed by atoms with van der Waals surface area (Å²) in [5.41, 5.74) is 1.17. The predicted octanol–water partition coefficient (Wildman–Crippen LogP) is 2.95. The molecule has 0 unspecified atom stereocenters. The molecule has 0 radical (unpaired) electrons. The van der Waals surface area contributed by atoms with Crippen LogP contribution in [0.4, 0.5) is 0 Å². The van der Waals surface area contributed by atoms with Gasteiger partial charge in [-0.2, -0.15) is 0 Å². The summed E-state index contributed by atoms with van der Waals surface area (Å²) in [5.74, 6) is -5.60. The molecule has 12 nitrogen and oxygen atoms in total. The van der Waals surface area contributed by atoms with E-state index in [1.807, 2.05) is 0 Å². The van der Waals surface area contributed by atoms with Gasteiger partial charge < -0.3 is 44.5 Å². The fourth-order valence-electron chi connectivity index (χ4n) is 4.44. The van der Waals surface area contributed by atoms with Gasteiger partial charge in [0, 0.05) is 18.1 Å². The van der Waals surface area contributed by atoms with E-state index in [1.165, 1.54) is 61.7 Å². The van der Waals surface area contributed by atoms with Crippen molar-refractivity contribution >= 4 is 24.0 Å². The minimum atomic E-state index is -1.38. The Morgan fingerprint density at radius 2 is 1.51 bits per heavy atom. The number of carbonyl (C=O) groups is 3. The molecule has 1 aliphatic rings. The second-order valence-corrected chi connectivity index (χ2v) is 9.01. The molecule has 0 bridgehead atoms. The van der Waals surface area contributed by atoms with Crippen LogP contribution in [0, 0.1) is 0 Å². The Morgan fingerprint density at radius 1 is 0.854 bits per heavy atom. The molecular formula is C29H26O12. The second-order valence-electron chi connectivity index (χ2n) is 9.01. The van der Waals surface area contributed by atoms with Crippen molar-refractivity contribution in [2.45, 2.75) is 24.5 Å². The topological polar surface area (TPSA) is 189 Å². The number of esters is 3. The molecule has 3 aromatic carbocycles. The lowest BCUT2D eigenvalue weighted by molar-refractivity contribution is -0.162. The number of fused-ring (bicyclic) bond motifs is 1. The second kappa shape index (κ2) is 11.8. The van der Waals surface area contributed by atoms with Crippen molar-refractivity contribution in [2.24, 2.45) is 0 Å². The summed E-state index contributed by atoms with van der Waals surface area (Å²) in [6.45, 7) is 0. The third-order valence-electron chi connectivity index (χ3n) is 6.43. The summed E-state index contributed by atoms with van der Waals surface area (Å²) < 4.78 is 20.9. The first kappa shape index (κ1) is 28.6. The summed E-state index contributed by atoms with van der Waals surface area (Å²) in [4.78, 5) is 37.9. The van der Waals surface area contributed by atoms with E-state index in [9.17, 15) is 39.9 Å². The van der Waals surface area contributed by atoms with E-state index in [-0.39, 0.29) is 40.5 Å². The summed E-state index contributed by atoms with van der Waals surface area (Å²) in [6.07, 6.45) is -0.290. The average Bonchev–Trinajstić information content (AvgIpc) is 3.36. The molecule has 12 heteroatoms. The molecule has 3 atom stereocenters. The number of hydrogen-bond acceptors (Lipinski definition) is 12. The Hall–Kier alpha value is -5.39. The van der Waals surface area contributed by atoms with Crippen LogP contribution in [0.15, 0.2) is 54.6 Å². The largest absolute Gasteiger partial charge is 0.504 e. The first-order valence-electron chi connectivity index (χ1n) is 12.1. The molecule has 41 heavy (non-hydrogen) atoms. The summed E-state index contributed by atoms with van der Waals surface area (Å²) in [5, 5.41) is 49.4. The molecular weight excluding hydrogens is 540 g/mol. The zero-order valence-electron chi connectivity index (χ0n) is 21.8. The van der Waals surface area contributed by atoms with Gasteiger partial charge in [0.2, 0.25) is 6.10 Å². The highest BCUT2D eigenvalue weighted by molar-refractivity contribution is 5.91. The number of benzene rings is 3. The van der Waals surface area contributed by atoms with E-state index >= 15 is 0 Å². The standard InChI is InChI=1S/C29H26O12/c1-38-28(36)22(12-14-3-7-17(30)20(33)11-14)40-23(35)10-6-15-4-9-19(32)27-24(15)25(29(37)39-2)26(41-27)16-5-8-18(31)21(34)13-16/h3-11,13,22,25-26,30-34H,12H2,1-2H3/t22-,25-,26-/m1/s1. The molecule has 3 aromatic rings. The van der Waals surface area contributed by atoms with Crippen LogP contribution >= 0.6 is 0 Å². The van der Waals surface area contributed by atoms with Gasteiger partial charge in [0.05, 0.1) is 14.2 Å². The molecule has 5 N–H and O–H groups in total. The van der Waals surface area contributed by atoms with Gasteiger partial charge >= 0.3 is 17.9 Å². The zero-order valence-corrected chi connectivity index (χ0v) is 21.8. The van der Waals surface area contributed by atoms with Crippen molar-refractivity contribution in [2.75, 3.05) is 14.2 Å². The highest BCUT2D eigenvalue weighted by Gasteiger charge is 2.44. The van der Waals surface area contributed by atoms with Crippen LogP contribution in [0.3, 0.4) is 0 Å². The van der Waals surface area contributed by atoms with Gasteiger partial charge in [0.25, 0.3) is 0 Å². The Bertz CT molecular complexity index is 1530. The first-order chi connectivity index (χ1) is 19.5. The Balaban J connectivity index is 1.62. The number of aromatic hydroxyl groups is 5. The Kier molecular flexibility index (Phi) is 8.22. The van der Waals surface area contributed by atoms with Crippen molar-refractivity contribution in [3.05, 3.63) is 76.9 Å². The minimum Gasteiger partial charge on any atom is -0.504 e. The molecule has 0 spiro atoms. The smallest absolute Gasteiger partial charge is 0.347 e. The van der Waals surface area contributed by atoms with Crippen LogP contribution in [0.5, 0.6) is 34.5 Å². The molecule has 0 fully saturated rings. The molecule has 0 saturated carbocycles. The van der Waals surface area contributed by atoms with Gasteiger partial charge in [-0.3, -0.25) is 4.79 Å². The zero-order chi connectivity index (χ0) is 29.8. The summed E-state index contributed by atoms with van der Waals surface area (Å²) in [6, 6.07) is 10.5. The van der Waals surface area contributed by atoms with Gasteiger partial charge in [-0.25, -0.2) is 9.59 Å². The summed E-state index contributed by atoms with van der Waals surface area (Å²) in [7, 11) is 2.28. The maximum Gasteiger partial charge on any atom is 0.347 e. The van der Waals surface area contributed by atoms with E-state index in [0.717, 1.165) is 13.2 Å². The highest BCUT2D eigenvalue weighted by Crippen LogP contribution is 2.52. The Morgan fingerprint density at radius 3 is 2.15 bits per heavy atom. The molecule has 1 heterocycles. The minimum absolute atomic E-state index is 0.0481. The number of rotatable bonds is 8. The van der Waals surface area contributed by atoms with E-state index < -0.39 is 47.5 Å². The fourth-order valence-corrected chi connectivity index (χ4v) is 4.44. The predicted molar refractivity (Wildman–Crippen MR) is 140 cm³/mol. The van der Waals surface area contributed by atoms with Gasteiger partial charge in [0.1, 0.15) is 12.0 Å². The molecule has 214 valence electrons. The lowest BCUT2D eigenvalue weighted by Crippen LogP contribution is -2.30. The van der Waals surface area contributed by atoms with Crippen LogP contribution < -0.4 is 4.74 Å². The van der Waals surface area contributed by atoms with Crippen LogP contribution in [0.25, 0.3) is 6.08 Å². The highest BCUT2D eigenvalue weighted by atomic mass is 16.6. The number of methoxy groups -OCH3 is 2. The van der Waals surface area contributed by atoms with Crippen LogP contribution in [0.1, 0.15) is 34.3 Å². The monoisotopic (exact) mass is 566 g/mol. The van der Waals surface area contributed by atoms with E-state index in [0.29, 0.717) is 11.1 Å². The van der Waals surface area contributed by atoms with Gasteiger partial charge in [-0.1, -0.05) is 18.2 Å². The number of hydrogen-bond donors (Lipinski definition) is 5. The molecule has 0 aromatic heterocycles. The molecule has 0 saturated heterocycles. The third kappa shape index (κ3) is 5.96. The van der Waals surface area contributed by atoms with Crippen molar-refractivity contribution in [3.8, 4) is 34.5 Å². The first-order valence-corrected chi connectivity index (χ1v) is 12.1. The van der Waals surface area contributed by atoms with Crippen LogP contribution in [0.2, 0.25) is 0 Å². The quantitative estimate of drug-likeness (QED) is 0.116. The SMILES string of the molecule is COC(=O)[C@@H]1c2c(C=CC(=O)O[C@H](Cc3ccc(O)c(O)c3)C(=O)OC)ccc(O)c2O[C@@H]1c1ccc(O)c(O)c1. The molecule has 0 aliphatic carbocycles. The third-order valence-corrected chi connectivity index (χ3v) is 6.43.